The van der Waals surface area contributed by atoms with Crippen LogP contribution in [0.1, 0.15) is 39.2 Å². The number of thioether (sulfide) groups is 1. The molecule has 0 unspecified atom stereocenters. The third-order valence-electron chi connectivity index (χ3n) is 4.28. The van der Waals surface area contributed by atoms with Gasteiger partial charge in [-0.3, -0.25) is 19.5 Å². The van der Waals surface area contributed by atoms with Gasteiger partial charge in [-0.25, -0.2) is 9.78 Å². The molecule has 0 atom stereocenters. The number of amides is 3. The highest BCUT2D eigenvalue weighted by atomic mass is 32.2. The topological polar surface area (TPSA) is 93.1 Å². The van der Waals surface area contributed by atoms with Gasteiger partial charge in [0.25, 0.3) is 5.56 Å². The van der Waals surface area contributed by atoms with Crippen molar-refractivity contribution in [2.45, 2.75) is 44.3 Å². The minimum atomic E-state index is -0.493. The standard InChI is InChI=1S/C19H24N4O3S/c1-12(2)9-10-20-18(26)22-16(24)11-27-19-21-15-6-4-3-5-14(15)17(25)23(19)13-7-8-13/h3-6,12-13H,7-11H2,1-2H3,(H2,20,22,24,26). The number of para-hydroxylation sites is 1. The molecule has 3 amide bonds. The van der Waals surface area contributed by atoms with Crippen LogP contribution in [0.3, 0.4) is 0 Å². The number of imide groups is 1. The van der Waals surface area contributed by atoms with Crippen molar-refractivity contribution < 1.29 is 9.59 Å². The molecule has 0 spiro atoms. The van der Waals surface area contributed by atoms with Crippen LogP contribution in [-0.2, 0) is 4.79 Å². The number of hydrogen-bond acceptors (Lipinski definition) is 5. The van der Waals surface area contributed by atoms with E-state index in [1.165, 1.54) is 11.8 Å². The Bertz CT molecular complexity index is 905. The SMILES string of the molecule is CC(C)CCNC(=O)NC(=O)CSc1nc2ccccc2c(=O)n1C1CC1. The second-order valence-corrected chi connectivity index (χ2v) is 8.04. The summed E-state index contributed by atoms with van der Waals surface area (Å²) >= 11 is 1.18. The van der Waals surface area contributed by atoms with E-state index in [1.54, 1.807) is 16.7 Å². The van der Waals surface area contributed by atoms with Crippen molar-refractivity contribution in [2.75, 3.05) is 12.3 Å². The predicted molar refractivity (Wildman–Crippen MR) is 106 cm³/mol. The van der Waals surface area contributed by atoms with E-state index in [1.807, 2.05) is 12.1 Å². The molecule has 0 aliphatic heterocycles. The van der Waals surface area contributed by atoms with Crippen molar-refractivity contribution >= 4 is 34.6 Å². The maximum atomic E-state index is 12.8. The summed E-state index contributed by atoms with van der Waals surface area (Å²) < 4.78 is 1.68. The van der Waals surface area contributed by atoms with Crippen LogP contribution in [0.2, 0.25) is 0 Å². The van der Waals surface area contributed by atoms with Crippen molar-refractivity contribution in [2.24, 2.45) is 5.92 Å². The van der Waals surface area contributed by atoms with Crippen LogP contribution in [0.15, 0.2) is 34.2 Å². The van der Waals surface area contributed by atoms with Crippen LogP contribution in [0.25, 0.3) is 10.9 Å². The molecule has 1 aliphatic carbocycles. The van der Waals surface area contributed by atoms with Crippen molar-refractivity contribution in [3.05, 3.63) is 34.6 Å². The van der Waals surface area contributed by atoms with E-state index in [0.29, 0.717) is 28.5 Å². The van der Waals surface area contributed by atoms with Gasteiger partial charge in [0.05, 0.1) is 16.7 Å². The quantitative estimate of drug-likeness (QED) is 0.562. The third-order valence-corrected chi connectivity index (χ3v) is 5.23. The number of carbonyl (C=O) groups excluding carboxylic acids is 2. The molecule has 2 N–H and O–H groups in total. The van der Waals surface area contributed by atoms with Gasteiger partial charge in [-0.2, -0.15) is 0 Å². The van der Waals surface area contributed by atoms with Gasteiger partial charge in [0.2, 0.25) is 5.91 Å². The lowest BCUT2D eigenvalue weighted by Gasteiger charge is -2.12. The van der Waals surface area contributed by atoms with Crippen LogP contribution in [0.5, 0.6) is 0 Å². The lowest BCUT2D eigenvalue weighted by molar-refractivity contribution is -0.117. The van der Waals surface area contributed by atoms with Crippen LogP contribution in [0.4, 0.5) is 4.79 Å². The van der Waals surface area contributed by atoms with Crippen molar-refractivity contribution in [3.8, 4) is 0 Å². The Morgan fingerprint density at radius 2 is 2.04 bits per heavy atom. The normalized spacial score (nSPS) is 13.7. The average Bonchev–Trinajstić information content (AvgIpc) is 3.44. The molecular weight excluding hydrogens is 364 g/mol. The Balaban J connectivity index is 1.64. The Hall–Kier alpha value is -2.35. The number of hydrogen-bond donors (Lipinski definition) is 2. The van der Waals surface area contributed by atoms with Crippen molar-refractivity contribution in [1.82, 2.24) is 20.2 Å². The fourth-order valence-corrected chi connectivity index (χ4v) is 3.56. The van der Waals surface area contributed by atoms with Gasteiger partial charge in [0.15, 0.2) is 5.16 Å². The molecule has 8 heteroatoms. The molecule has 1 saturated carbocycles. The fraction of sp³-hybridized carbons (Fsp3) is 0.474. The highest BCUT2D eigenvalue weighted by Gasteiger charge is 2.28. The van der Waals surface area contributed by atoms with E-state index >= 15 is 0 Å². The van der Waals surface area contributed by atoms with Gasteiger partial charge in [-0.05, 0) is 37.3 Å². The van der Waals surface area contributed by atoms with Gasteiger partial charge in [0, 0.05) is 12.6 Å². The molecule has 3 rings (SSSR count). The van der Waals surface area contributed by atoms with E-state index < -0.39 is 11.9 Å². The van der Waals surface area contributed by atoms with E-state index in [9.17, 15) is 14.4 Å². The van der Waals surface area contributed by atoms with Crippen LogP contribution in [-0.4, -0.2) is 33.8 Å². The molecule has 1 fully saturated rings. The minimum Gasteiger partial charge on any atom is -0.338 e. The van der Waals surface area contributed by atoms with Gasteiger partial charge in [-0.1, -0.05) is 37.7 Å². The van der Waals surface area contributed by atoms with Crippen LogP contribution >= 0.6 is 11.8 Å². The molecular formula is C19H24N4O3S. The molecule has 7 nitrogen and oxygen atoms in total. The molecule has 0 radical (unpaired) electrons. The van der Waals surface area contributed by atoms with Gasteiger partial charge < -0.3 is 5.32 Å². The number of benzene rings is 1. The molecule has 0 bridgehead atoms. The summed E-state index contributed by atoms with van der Waals surface area (Å²) in [7, 11) is 0. The van der Waals surface area contributed by atoms with Gasteiger partial charge in [-0.15, -0.1) is 0 Å². The Morgan fingerprint density at radius 1 is 1.30 bits per heavy atom. The first-order valence-corrected chi connectivity index (χ1v) is 10.2. The monoisotopic (exact) mass is 388 g/mol. The molecule has 0 saturated heterocycles. The molecule has 1 aromatic carbocycles. The molecule has 2 aromatic rings. The van der Waals surface area contributed by atoms with Gasteiger partial charge >= 0.3 is 6.03 Å². The first-order chi connectivity index (χ1) is 13.0. The second-order valence-electron chi connectivity index (χ2n) is 7.09. The first kappa shape index (κ1) is 19.4. The number of rotatable bonds is 7. The number of carbonyl (C=O) groups is 2. The summed E-state index contributed by atoms with van der Waals surface area (Å²) in [6.07, 6.45) is 2.74. The lowest BCUT2D eigenvalue weighted by Crippen LogP contribution is -2.41. The van der Waals surface area contributed by atoms with E-state index in [-0.39, 0.29) is 17.4 Å². The van der Waals surface area contributed by atoms with E-state index in [0.717, 1.165) is 19.3 Å². The average molecular weight is 388 g/mol. The maximum absolute atomic E-state index is 12.8. The number of aromatic nitrogens is 2. The summed E-state index contributed by atoms with van der Waals surface area (Å²) in [5, 5.41) is 6.09. The fourth-order valence-electron chi connectivity index (χ4n) is 2.69. The summed E-state index contributed by atoms with van der Waals surface area (Å²) in [4.78, 5) is 41.1. The van der Waals surface area contributed by atoms with Crippen molar-refractivity contribution in [1.29, 1.82) is 0 Å². The van der Waals surface area contributed by atoms with Gasteiger partial charge in [0.1, 0.15) is 0 Å². The molecule has 1 aromatic heterocycles. The largest absolute Gasteiger partial charge is 0.338 e. The summed E-state index contributed by atoms with van der Waals surface area (Å²) in [5.41, 5.74) is 0.547. The third kappa shape index (κ3) is 5.09. The second kappa shape index (κ2) is 8.56. The smallest absolute Gasteiger partial charge is 0.321 e. The molecule has 1 aliphatic rings. The zero-order valence-corrected chi connectivity index (χ0v) is 16.3. The van der Waals surface area contributed by atoms with Crippen molar-refractivity contribution in [3.63, 3.8) is 0 Å². The molecule has 27 heavy (non-hydrogen) atoms. The Kier molecular flexibility index (Phi) is 6.15. The molecule has 1 heterocycles. The molecule has 144 valence electrons. The zero-order valence-electron chi connectivity index (χ0n) is 15.5. The highest BCUT2D eigenvalue weighted by molar-refractivity contribution is 7.99. The Morgan fingerprint density at radius 3 is 2.74 bits per heavy atom. The zero-order chi connectivity index (χ0) is 19.4. The summed E-state index contributed by atoms with van der Waals surface area (Å²) in [6, 6.07) is 6.87. The van der Waals surface area contributed by atoms with E-state index in [2.05, 4.69) is 29.5 Å². The number of nitrogens with one attached hydrogen (secondary N) is 2. The lowest BCUT2D eigenvalue weighted by atomic mass is 10.1. The maximum Gasteiger partial charge on any atom is 0.321 e. The summed E-state index contributed by atoms with van der Waals surface area (Å²) in [6.45, 7) is 4.66. The highest BCUT2D eigenvalue weighted by Crippen LogP contribution is 2.36. The first-order valence-electron chi connectivity index (χ1n) is 9.17. The summed E-state index contributed by atoms with van der Waals surface area (Å²) in [5.74, 6) is 0.0937. The minimum absolute atomic E-state index is 0.0229. The number of nitrogens with zero attached hydrogens (tertiary/aromatic N) is 2. The number of urea groups is 1. The number of fused-ring (bicyclic) bond motifs is 1. The predicted octanol–water partition coefficient (Wildman–Crippen LogP) is 2.70. The van der Waals surface area contributed by atoms with Crippen LogP contribution < -0.4 is 16.2 Å². The van der Waals surface area contributed by atoms with Crippen LogP contribution in [0, 0.1) is 5.92 Å². The van der Waals surface area contributed by atoms with E-state index in [4.69, 9.17) is 0 Å². The Labute approximate surface area is 161 Å².